The fourth-order valence-corrected chi connectivity index (χ4v) is 1.30. The number of aliphatic carboxylic acids is 1. The van der Waals surface area contributed by atoms with Gasteiger partial charge in [-0.2, -0.15) is 0 Å². The Labute approximate surface area is 99.4 Å². The molecule has 0 saturated heterocycles. The van der Waals surface area contributed by atoms with Gasteiger partial charge >= 0.3 is 12.3 Å². The summed E-state index contributed by atoms with van der Waals surface area (Å²) in [6, 6.07) is 1.12. The molecule has 0 spiro atoms. The van der Waals surface area contributed by atoms with Crippen LogP contribution < -0.4 is 16.2 Å². The number of nitrogen functional groups attached to an aromatic ring is 1. The van der Waals surface area contributed by atoms with E-state index in [0.717, 1.165) is 6.07 Å². The first-order valence-corrected chi connectivity index (χ1v) is 4.69. The molecular weight excluding hydrogens is 255 g/mol. The van der Waals surface area contributed by atoms with Crippen molar-refractivity contribution in [2.75, 3.05) is 5.73 Å². The largest absolute Gasteiger partial charge is 0.573 e. The second-order valence-corrected chi connectivity index (χ2v) is 3.31. The van der Waals surface area contributed by atoms with Gasteiger partial charge in [0, 0.05) is 12.1 Å². The van der Waals surface area contributed by atoms with Crippen LogP contribution in [0.1, 0.15) is 11.3 Å². The summed E-state index contributed by atoms with van der Waals surface area (Å²) in [5.41, 5.74) is 10.5. The van der Waals surface area contributed by atoms with Gasteiger partial charge in [0.05, 0.1) is 12.1 Å². The van der Waals surface area contributed by atoms with E-state index in [4.69, 9.17) is 16.6 Å². The van der Waals surface area contributed by atoms with Crippen LogP contribution in [0.4, 0.5) is 19.0 Å². The van der Waals surface area contributed by atoms with Crippen molar-refractivity contribution in [2.45, 2.75) is 19.3 Å². The molecule has 0 aromatic carbocycles. The molecule has 5 N–H and O–H groups in total. The van der Waals surface area contributed by atoms with Crippen LogP contribution in [-0.4, -0.2) is 22.4 Å². The van der Waals surface area contributed by atoms with Crippen molar-refractivity contribution in [2.24, 2.45) is 5.73 Å². The lowest BCUT2D eigenvalue weighted by Gasteiger charge is -2.15. The molecule has 100 valence electrons. The summed E-state index contributed by atoms with van der Waals surface area (Å²) < 4.78 is 40.1. The second kappa shape index (κ2) is 5.08. The predicted octanol–water partition coefficient (Wildman–Crippen LogP) is 0.648. The molecule has 0 radical (unpaired) electrons. The van der Waals surface area contributed by atoms with Crippen molar-refractivity contribution in [1.29, 1.82) is 0 Å². The van der Waals surface area contributed by atoms with Crippen molar-refractivity contribution < 1.29 is 27.8 Å². The van der Waals surface area contributed by atoms with Gasteiger partial charge in [-0.3, -0.25) is 4.79 Å². The van der Waals surface area contributed by atoms with Gasteiger partial charge in [-0.15, -0.1) is 13.2 Å². The van der Waals surface area contributed by atoms with Crippen LogP contribution in [0, 0.1) is 0 Å². The van der Waals surface area contributed by atoms with E-state index in [0.29, 0.717) is 0 Å². The fraction of sp³-hybridized carbons (Fsp3) is 0.333. The highest BCUT2D eigenvalue weighted by Gasteiger charge is 2.33. The van der Waals surface area contributed by atoms with Gasteiger partial charge in [0.15, 0.2) is 11.6 Å². The number of nitrogens with zero attached hydrogens (tertiary/aromatic N) is 1. The maximum Gasteiger partial charge on any atom is 0.573 e. The van der Waals surface area contributed by atoms with Gasteiger partial charge in [0.25, 0.3) is 0 Å². The number of carbonyl (C=O) groups is 1. The Balaban J connectivity index is 3.24. The lowest BCUT2D eigenvalue weighted by Crippen LogP contribution is -2.21. The first kappa shape index (κ1) is 14.0. The third-order valence-electron chi connectivity index (χ3n) is 1.90. The number of alkyl halides is 3. The molecule has 0 bridgehead atoms. The molecule has 0 amide bonds. The van der Waals surface area contributed by atoms with Crippen molar-refractivity contribution in [3.8, 4) is 5.75 Å². The van der Waals surface area contributed by atoms with Crippen LogP contribution in [0.25, 0.3) is 0 Å². The zero-order valence-electron chi connectivity index (χ0n) is 8.99. The van der Waals surface area contributed by atoms with Crippen LogP contribution >= 0.6 is 0 Å². The third-order valence-corrected chi connectivity index (χ3v) is 1.90. The Hall–Kier alpha value is -2.03. The number of rotatable bonds is 4. The maximum absolute atomic E-state index is 12.1. The summed E-state index contributed by atoms with van der Waals surface area (Å²) in [5, 5.41) is 8.61. The van der Waals surface area contributed by atoms with Crippen LogP contribution in [0.2, 0.25) is 0 Å². The van der Waals surface area contributed by atoms with E-state index >= 15 is 0 Å². The molecule has 0 atom stereocenters. The Morgan fingerprint density at radius 2 is 2.11 bits per heavy atom. The van der Waals surface area contributed by atoms with Crippen LogP contribution in [0.15, 0.2) is 6.07 Å². The van der Waals surface area contributed by atoms with Gasteiger partial charge in [0.2, 0.25) is 0 Å². The Morgan fingerprint density at radius 1 is 1.50 bits per heavy atom. The lowest BCUT2D eigenvalue weighted by molar-refractivity contribution is -0.274. The molecule has 1 aromatic rings. The Bertz CT molecular complexity index is 462. The van der Waals surface area contributed by atoms with Gasteiger partial charge in [0.1, 0.15) is 0 Å². The molecule has 0 aliphatic heterocycles. The van der Waals surface area contributed by atoms with Crippen LogP contribution in [0.5, 0.6) is 5.75 Å². The molecule has 1 aromatic heterocycles. The molecule has 9 heteroatoms. The summed E-state index contributed by atoms with van der Waals surface area (Å²) in [4.78, 5) is 14.1. The number of hydrogen-bond donors (Lipinski definition) is 3. The summed E-state index contributed by atoms with van der Waals surface area (Å²) in [7, 11) is 0. The van der Waals surface area contributed by atoms with Gasteiger partial charge in [-0.25, -0.2) is 4.98 Å². The molecule has 1 heterocycles. The first-order chi connectivity index (χ1) is 8.23. The average Bonchev–Trinajstić information content (AvgIpc) is 2.20. The topological polar surface area (TPSA) is 111 Å². The van der Waals surface area contributed by atoms with E-state index in [1.807, 2.05) is 0 Å². The van der Waals surface area contributed by atoms with Crippen molar-refractivity contribution in [1.82, 2.24) is 4.98 Å². The average molecular weight is 265 g/mol. The van der Waals surface area contributed by atoms with Gasteiger partial charge in [-0.05, 0) is 6.07 Å². The summed E-state index contributed by atoms with van der Waals surface area (Å²) in [5.74, 6) is -2.68. The molecular formula is C9H10F3N3O3. The molecule has 0 fully saturated rings. The minimum Gasteiger partial charge on any atom is -0.481 e. The molecule has 0 aliphatic rings. The van der Waals surface area contributed by atoms with E-state index in [9.17, 15) is 18.0 Å². The molecule has 0 saturated carbocycles. The number of hydrogen-bond acceptors (Lipinski definition) is 5. The monoisotopic (exact) mass is 265 g/mol. The highest BCUT2D eigenvalue weighted by molar-refractivity contribution is 5.72. The number of ether oxygens (including phenoxy) is 1. The van der Waals surface area contributed by atoms with Crippen molar-refractivity contribution in [3.63, 3.8) is 0 Å². The van der Waals surface area contributed by atoms with E-state index in [2.05, 4.69) is 9.72 Å². The van der Waals surface area contributed by atoms with Crippen molar-refractivity contribution >= 4 is 11.8 Å². The van der Waals surface area contributed by atoms with Crippen LogP contribution in [0.3, 0.4) is 0 Å². The molecule has 0 aliphatic carbocycles. The van der Waals surface area contributed by atoms with E-state index in [1.165, 1.54) is 0 Å². The standard InChI is InChI=1S/C9H10F3N3O3/c10-9(11,12)18-7-4(2-6(16)17)1-5(3-13)15-8(7)14/h1H,2-3,13H2,(H2,14,15)(H,16,17). The van der Waals surface area contributed by atoms with E-state index < -0.39 is 30.3 Å². The normalized spacial score (nSPS) is 11.3. The van der Waals surface area contributed by atoms with E-state index in [1.54, 1.807) is 0 Å². The molecule has 0 unspecified atom stereocenters. The highest BCUT2D eigenvalue weighted by Crippen LogP contribution is 2.31. The smallest absolute Gasteiger partial charge is 0.481 e. The number of carboxylic acid groups (broad SMARTS) is 1. The summed E-state index contributed by atoms with van der Waals surface area (Å²) >= 11 is 0. The predicted molar refractivity (Wildman–Crippen MR) is 54.6 cm³/mol. The summed E-state index contributed by atoms with van der Waals surface area (Å²) in [6.07, 6.45) is -5.65. The Morgan fingerprint density at radius 3 is 2.56 bits per heavy atom. The van der Waals surface area contributed by atoms with E-state index in [-0.39, 0.29) is 17.8 Å². The quantitative estimate of drug-likeness (QED) is 0.736. The first-order valence-electron chi connectivity index (χ1n) is 4.69. The zero-order valence-corrected chi connectivity index (χ0v) is 8.99. The van der Waals surface area contributed by atoms with Crippen molar-refractivity contribution in [3.05, 3.63) is 17.3 Å². The highest BCUT2D eigenvalue weighted by atomic mass is 19.4. The minimum atomic E-state index is -4.98. The minimum absolute atomic E-state index is 0.0802. The SMILES string of the molecule is NCc1cc(CC(=O)O)c(OC(F)(F)F)c(N)n1. The number of halogens is 3. The molecule has 6 nitrogen and oxygen atoms in total. The Kier molecular flexibility index (Phi) is 3.96. The number of pyridine rings is 1. The molecule has 1 rings (SSSR count). The lowest BCUT2D eigenvalue weighted by atomic mass is 10.1. The summed E-state index contributed by atoms with van der Waals surface area (Å²) in [6.45, 7) is -0.0802. The fourth-order valence-electron chi connectivity index (χ4n) is 1.30. The number of carboxylic acids is 1. The van der Waals surface area contributed by atoms with Gasteiger partial charge < -0.3 is 21.3 Å². The van der Waals surface area contributed by atoms with Crippen LogP contribution in [-0.2, 0) is 17.8 Å². The number of aromatic nitrogens is 1. The second-order valence-electron chi connectivity index (χ2n) is 3.31. The third kappa shape index (κ3) is 3.77. The maximum atomic E-state index is 12.1. The zero-order chi connectivity index (χ0) is 13.9. The number of nitrogens with two attached hydrogens (primary N) is 2. The number of anilines is 1. The van der Waals surface area contributed by atoms with Gasteiger partial charge in [-0.1, -0.05) is 0 Å². The molecule has 18 heavy (non-hydrogen) atoms.